The van der Waals surface area contributed by atoms with E-state index >= 15 is 0 Å². The van der Waals surface area contributed by atoms with Gasteiger partial charge in [-0.3, -0.25) is 4.90 Å². The summed E-state index contributed by atoms with van der Waals surface area (Å²) in [6, 6.07) is 0.506. The fourth-order valence-corrected chi connectivity index (χ4v) is 2.96. The first kappa shape index (κ1) is 10.1. The van der Waals surface area contributed by atoms with Crippen molar-refractivity contribution < 1.29 is 5.11 Å². The van der Waals surface area contributed by atoms with Gasteiger partial charge in [0.05, 0.1) is 6.10 Å². The van der Waals surface area contributed by atoms with Gasteiger partial charge in [0.1, 0.15) is 0 Å². The highest BCUT2D eigenvalue weighted by Gasteiger charge is 2.36. The summed E-state index contributed by atoms with van der Waals surface area (Å²) in [4.78, 5) is 2.63. The van der Waals surface area contributed by atoms with E-state index < -0.39 is 0 Å². The first-order valence-electron chi connectivity index (χ1n) is 6.75. The summed E-state index contributed by atoms with van der Waals surface area (Å²) in [5.41, 5.74) is 0. The zero-order valence-electron chi connectivity index (χ0n) is 9.57. The largest absolute Gasteiger partial charge is 0.391 e. The van der Waals surface area contributed by atoms with E-state index in [1.165, 1.54) is 51.6 Å². The van der Waals surface area contributed by atoms with Crippen LogP contribution in [0.25, 0.3) is 0 Å². The van der Waals surface area contributed by atoms with Crippen molar-refractivity contribution in [2.75, 3.05) is 13.1 Å². The van der Waals surface area contributed by atoms with E-state index in [0.717, 1.165) is 18.3 Å². The van der Waals surface area contributed by atoms with Gasteiger partial charge in [-0.15, -0.1) is 0 Å². The molecule has 15 heavy (non-hydrogen) atoms. The van der Waals surface area contributed by atoms with Crippen LogP contribution in [-0.2, 0) is 0 Å². The van der Waals surface area contributed by atoms with E-state index in [2.05, 4.69) is 4.90 Å². The zero-order valence-corrected chi connectivity index (χ0v) is 9.57. The van der Waals surface area contributed by atoms with Gasteiger partial charge in [-0.05, 0) is 56.8 Å². The molecule has 0 spiro atoms. The van der Waals surface area contributed by atoms with Crippen LogP contribution < -0.4 is 0 Å². The third-order valence-electron chi connectivity index (χ3n) is 4.29. The van der Waals surface area contributed by atoms with Crippen LogP contribution in [0.4, 0.5) is 0 Å². The van der Waals surface area contributed by atoms with Gasteiger partial charge in [-0.25, -0.2) is 0 Å². The molecule has 3 rings (SSSR count). The average Bonchev–Trinajstić information content (AvgIpc) is 3.11. The Bertz CT molecular complexity index is 209. The van der Waals surface area contributed by atoms with E-state index in [1.807, 2.05) is 0 Å². The molecular weight excluding hydrogens is 186 g/mol. The number of nitrogens with zero attached hydrogens (tertiary/aromatic N) is 1. The molecule has 2 atom stereocenters. The van der Waals surface area contributed by atoms with Crippen molar-refractivity contribution >= 4 is 0 Å². The third-order valence-corrected chi connectivity index (χ3v) is 4.29. The first-order chi connectivity index (χ1) is 7.33. The van der Waals surface area contributed by atoms with Crippen molar-refractivity contribution in [1.29, 1.82) is 0 Å². The minimum absolute atomic E-state index is 0.0255. The smallest absolute Gasteiger partial charge is 0.0695 e. The summed E-state index contributed by atoms with van der Waals surface area (Å²) in [6.45, 7) is 2.55. The molecule has 0 unspecified atom stereocenters. The molecule has 3 fully saturated rings. The van der Waals surface area contributed by atoms with Crippen molar-refractivity contribution in [2.45, 2.75) is 57.1 Å². The third kappa shape index (κ3) is 2.54. The highest BCUT2D eigenvalue weighted by Crippen LogP contribution is 2.36. The average molecular weight is 209 g/mol. The first-order valence-corrected chi connectivity index (χ1v) is 6.75. The van der Waals surface area contributed by atoms with E-state index in [1.54, 1.807) is 0 Å². The molecule has 0 bridgehead atoms. The van der Waals surface area contributed by atoms with E-state index in [9.17, 15) is 5.11 Å². The summed E-state index contributed by atoms with van der Waals surface area (Å²) in [6.07, 6.45) is 9.22. The van der Waals surface area contributed by atoms with Crippen molar-refractivity contribution in [3.63, 3.8) is 0 Å². The van der Waals surface area contributed by atoms with Crippen LogP contribution in [0, 0.1) is 11.8 Å². The van der Waals surface area contributed by atoms with E-state index in [4.69, 9.17) is 0 Å². The fourth-order valence-electron chi connectivity index (χ4n) is 2.96. The molecule has 0 saturated heterocycles. The number of hydrogen-bond acceptors (Lipinski definition) is 2. The summed E-state index contributed by atoms with van der Waals surface area (Å²) in [5, 5.41) is 9.98. The molecular formula is C13H23NO. The van der Waals surface area contributed by atoms with E-state index in [0.29, 0.717) is 6.04 Å². The van der Waals surface area contributed by atoms with Gasteiger partial charge in [0.15, 0.2) is 0 Å². The minimum Gasteiger partial charge on any atom is -0.391 e. The summed E-state index contributed by atoms with van der Waals surface area (Å²) >= 11 is 0. The van der Waals surface area contributed by atoms with Crippen LogP contribution in [0.15, 0.2) is 0 Å². The maximum absolute atomic E-state index is 9.98. The molecule has 0 heterocycles. The predicted molar refractivity (Wildman–Crippen MR) is 60.7 cm³/mol. The summed E-state index contributed by atoms with van der Waals surface area (Å²) in [7, 11) is 0. The standard InChI is InChI=1S/C13H23NO/c15-13-3-1-2-12(13)14(8-10-4-5-10)9-11-6-7-11/h10-13,15H,1-9H2/t12-,13-/m0/s1. The van der Waals surface area contributed by atoms with Crippen LogP contribution in [0.3, 0.4) is 0 Å². The summed E-state index contributed by atoms with van der Waals surface area (Å²) < 4.78 is 0. The lowest BCUT2D eigenvalue weighted by atomic mass is 10.1. The Kier molecular flexibility index (Phi) is 2.73. The molecule has 2 nitrogen and oxygen atoms in total. The SMILES string of the molecule is O[C@H]1CCC[C@@H]1N(CC1CC1)CC1CC1. The number of aliphatic hydroxyl groups excluding tert-OH is 1. The van der Waals surface area contributed by atoms with Crippen LogP contribution in [0.1, 0.15) is 44.9 Å². The predicted octanol–water partition coefficient (Wildman–Crippen LogP) is 2.02. The number of aliphatic hydroxyl groups is 1. The normalized spacial score (nSPS) is 36.4. The molecule has 2 heteroatoms. The molecule has 0 aliphatic heterocycles. The molecule has 0 radical (unpaired) electrons. The second kappa shape index (κ2) is 4.06. The van der Waals surface area contributed by atoms with Gasteiger partial charge in [-0.2, -0.15) is 0 Å². The van der Waals surface area contributed by atoms with Crippen molar-refractivity contribution in [2.24, 2.45) is 11.8 Å². The Morgan fingerprint density at radius 2 is 1.47 bits per heavy atom. The van der Waals surface area contributed by atoms with Crippen molar-refractivity contribution in [3.05, 3.63) is 0 Å². The maximum atomic E-state index is 9.98. The molecule has 0 amide bonds. The van der Waals surface area contributed by atoms with Gasteiger partial charge in [0.2, 0.25) is 0 Å². The Morgan fingerprint density at radius 1 is 0.867 bits per heavy atom. The van der Waals surface area contributed by atoms with Gasteiger partial charge < -0.3 is 5.11 Å². The molecule has 3 aliphatic carbocycles. The maximum Gasteiger partial charge on any atom is 0.0695 e. The van der Waals surface area contributed by atoms with Crippen LogP contribution >= 0.6 is 0 Å². The van der Waals surface area contributed by atoms with Crippen LogP contribution in [0.5, 0.6) is 0 Å². The van der Waals surface area contributed by atoms with E-state index in [-0.39, 0.29) is 6.10 Å². The Labute approximate surface area is 92.7 Å². The molecule has 0 aromatic rings. The molecule has 1 N–H and O–H groups in total. The molecule has 86 valence electrons. The van der Waals surface area contributed by atoms with Gasteiger partial charge >= 0.3 is 0 Å². The lowest BCUT2D eigenvalue weighted by molar-refractivity contribution is 0.0647. The Morgan fingerprint density at radius 3 is 1.87 bits per heavy atom. The monoisotopic (exact) mass is 209 g/mol. The Hall–Kier alpha value is -0.0800. The van der Waals surface area contributed by atoms with Crippen LogP contribution in [0.2, 0.25) is 0 Å². The van der Waals surface area contributed by atoms with Gasteiger partial charge in [0, 0.05) is 19.1 Å². The minimum atomic E-state index is -0.0255. The summed E-state index contributed by atoms with van der Waals surface area (Å²) in [5.74, 6) is 1.94. The lowest BCUT2D eigenvalue weighted by Crippen LogP contribution is -2.42. The molecule has 0 aromatic carbocycles. The van der Waals surface area contributed by atoms with Gasteiger partial charge in [-0.1, -0.05) is 0 Å². The highest BCUT2D eigenvalue weighted by atomic mass is 16.3. The quantitative estimate of drug-likeness (QED) is 0.749. The second-order valence-electron chi connectivity index (χ2n) is 5.91. The number of rotatable bonds is 5. The fraction of sp³-hybridized carbons (Fsp3) is 1.00. The zero-order chi connectivity index (χ0) is 10.3. The van der Waals surface area contributed by atoms with Gasteiger partial charge in [0.25, 0.3) is 0 Å². The second-order valence-corrected chi connectivity index (χ2v) is 5.91. The lowest BCUT2D eigenvalue weighted by Gasteiger charge is -2.31. The molecule has 3 saturated carbocycles. The Balaban J connectivity index is 1.58. The van der Waals surface area contributed by atoms with Crippen molar-refractivity contribution in [3.8, 4) is 0 Å². The van der Waals surface area contributed by atoms with Crippen LogP contribution in [-0.4, -0.2) is 35.2 Å². The number of hydrogen-bond donors (Lipinski definition) is 1. The topological polar surface area (TPSA) is 23.5 Å². The molecule has 0 aromatic heterocycles. The molecule has 3 aliphatic rings. The van der Waals surface area contributed by atoms with Crippen molar-refractivity contribution in [1.82, 2.24) is 4.90 Å². The highest BCUT2D eigenvalue weighted by molar-refractivity contribution is 4.91.